The van der Waals surface area contributed by atoms with Crippen LogP contribution in [0.5, 0.6) is 0 Å². The van der Waals surface area contributed by atoms with Crippen molar-refractivity contribution in [1.82, 2.24) is 0 Å². The number of halogens is 2. The molecule has 1 heterocycles. The van der Waals surface area contributed by atoms with Gasteiger partial charge in [-0.15, -0.1) is 0 Å². The first kappa shape index (κ1) is 7.55. The largest absolute Gasteiger partial charge is 0.323 e. The van der Waals surface area contributed by atoms with Crippen molar-refractivity contribution in [2.75, 3.05) is 5.32 Å². The summed E-state index contributed by atoms with van der Waals surface area (Å²) in [4.78, 5) is 10.8. The first-order valence-electron chi connectivity index (χ1n) is 3.44. The average molecular weight is 186 g/mol. The quantitative estimate of drug-likeness (QED) is 0.658. The molecule has 62 valence electrons. The average Bonchev–Trinajstić information content (AvgIpc) is 2.29. The molecule has 1 aliphatic heterocycles. The summed E-state index contributed by atoms with van der Waals surface area (Å²) < 4.78 is 13.0. The predicted molar refractivity (Wildman–Crippen MR) is 43.7 cm³/mol. The normalized spacial score (nSPS) is 14.3. The van der Waals surface area contributed by atoms with Crippen LogP contribution in [-0.4, -0.2) is 5.91 Å². The van der Waals surface area contributed by atoms with Crippen LogP contribution in [0, 0.1) is 5.82 Å². The minimum Gasteiger partial charge on any atom is -0.323 e. The van der Waals surface area contributed by atoms with E-state index >= 15 is 0 Å². The smallest absolute Gasteiger partial charge is 0.228 e. The molecule has 0 aliphatic carbocycles. The summed E-state index contributed by atoms with van der Waals surface area (Å²) in [6.07, 6.45) is 0.215. The van der Waals surface area contributed by atoms with Crippen molar-refractivity contribution in [2.45, 2.75) is 6.42 Å². The zero-order valence-electron chi connectivity index (χ0n) is 6.03. The van der Waals surface area contributed by atoms with Crippen molar-refractivity contribution in [3.05, 3.63) is 28.5 Å². The maximum atomic E-state index is 13.0. The topological polar surface area (TPSA) is 29.1 Å². The molecule has 0 saturated carbocycles. The van der Waals surface area contributed by atoms with Crippen molar-refractivity contribution < 1.29 is 9.18 Å². The third kappa shape index (κ3) is 1.06. The fourth-order valence-electron chi connectivity index (χ4n) is 1.26. The van der Waals surface area contributed by atoms with Gasteiger partial charge in [0.1, 0.15) is 5.82 Å². The molecule has 1 aliphatic rings. The van der Waals surface area contributed by atoms with Crippen LogP contribution < -0.4 is 5.32 Å². The third-order valence-electron chi connectivity index (χ3n) is 1.75. The number of benzene rings is 1. The van der Waals surface area contributed by atoms with E-state index in [-0.39, 0.29) is 18.0 Å². The van der Waals surface area contributed by atoms with E-state index in [2.05, 4.69) is 5.32 Å². The highest BCUT2D eigenvalue weighted by molar-refractivity contribution is 6.30. The molecule has 0 aromatic heterocycles. The van der Waals surface area contributed by atoms with Crippen LogP contribution >= 0.6 is 11.6 Å². The highest BCUT2D eigenvalue weighted by Gasteiger charge is 2.21. The molecule has 0 fully saturated rings. The Labute approximate surface area is 73.3 Å². The Hall–Kier alpha value is -1.09. The summed E-state index contributed by atoms with van der Waals surface area (Å²) in [5.41, 5.74) is 0.898. The molecule has 1 aromatic rings. The number of hydrogen-bond donors (Lipinski definition) is 1. The summed E-state index contributed by atoms with van der Waals surface area (Å²) in [5, 5.41) is 2.74. The Morgan fingerprint density at radius 2 is 2.25 bits per heavy atom. The van der Waals surface area contributed by atoms with Crippen LogP contribution in [0.15, 0.2) is 12.1 Å². The second kappa shape index (κ2) is 2.45. The van der Waals surface area contributed by atoms with Gasteiger partial charge < -0.3 is 5.32 Å². The lowest BCUT2D eigenvalue weighted by atomic mass is 10.1. The maximum Gasteiger partial charge on any atom is 0.228 e. The Morgan fingerprint density at radius 1 is 1.50 bits per heavy atom. The number of carbonyl (C=O) groups excluding carboxylic acids is 1. The van der Waals surface area contributed by atoms with E-state index in [1.54, 1.807) is 6.07 Å². The highest BCUT2D eigenvalue weighted by Crippen LogP contribution is 2.29. The van der Waals surface area contributed by atoms with Gasteiger partial charge >= 0.3 is 0 Å². The van der Waals surface area contributed by atoms with Gasteiger partial charge in [-0.25, -0.2) is 4.39 Å². The Bertz CT molecular complexity index is 364. The molecule has 0 unspecified atom stereocenters. The van der Waals surface area contributed by atoms with Gasteiger partial charge in [0, 0.05) is 5.02 Å². The lowest BCUT2D eigenvalue weighted by Crippen LogP contribution is -2.04. The molecule has 2 rings (SSSR count). The number of carbonyl (C=O) groups is 1. The van der Waals surface area contributed by atoms with Gasteiger partial charge in [0.2, 0.25) is 5.91 Å². The number of hydrogen-bond acceptors (Lipinski definition) is 1. The number of fused-ring (bicyclic) bond motifs is 1. The van der Waals surface area contributed by atoms with E-state index in [0.29, 0.717) is 10.6 Å². The van der Waals surface area contributed by atoms with E-state index in [4.69, 9.17) is 11.6 Å². The fourth-order valence-corrected chi connectivity index (χ4v) is 1.49. The molecule has 0 saturated heterocycles. The van der Waals surface area contributed by atoms with Crippen LogP contribution in [0.2, 0.25) is 5.02 Å². The Morgan fingerprint density at radius 3 is 3.00 bits per heavy atom. The molecule has 0 atom stereocenters. The monoisotopic (exact) mass is 185 g/mol. The third-order valence-corrected chi connectivity index (χ3v) is 1.97. The zero-order valence-corrected chi connectivity index (χ0v) is 6.78. The van der Waals surface area contributed by atoms with Gasteiger partial charge in [-0.3, -0.25) is 4.79 Å². The second-order valence-electron chi connectivity index (χ2n) is 2.65. The maximum absolute atomic E-state index is 13.0. The van der Waals surface area contributed by atoms with E-state index < -0.39 is 5.82 Å². The van der Waals surface area contributed by atoms with Crippen LogP contribution in [0.4, 0.5) is 10.1 Å². The molecule has 1 N–H and O–H groups in total. The lowest BCUT2D eigenvalue weighted by molar-refractivity contribution is -0.115. The van der Waals surface area contributed by atoms with Gasteiger partial charge in [-0.05, 0) is 17.7 Å². The molecule has 0 radical (unpaired) electrons. The summed E-state index contributed by atoms with van der Waals surface area (Å²) in [6.45, 7) is 0. The first-order chi connectivity index (χ1) is 5.66. The van der Waals surface area contributed by atoms with Crippen molar-refractivity contribution in [1.29, 1.82) is 0 Å². The van der Waals surface area contributed by atoms with E-state index in [1.807, 2.05) is 0 Å². The molecular formula is C8H5ClFNO. The highest BCUT2D eigenvalue weighted by atomic mass is 35.5. The molecule has 4 heteroatoms. The fraction of sp³-hybridized carbons (Fsp3) is 0.125. The molecule has 0 spiro atoms. The van der Waals surface area contributed by atoms with Gasteiger partial charge in [-0.1, -0.05) is 11.6 Å². The SMILES string of the molecule is O=C1Cc2cc(Cl)cc(F)c2N1. The van der Waals surface area contributed by atoms with Crippen LogP contribution in [-0.2, 0) is 11.2 Å². The van der Waals surface area contributed by atoms with Crippen LogP contribution in [0.25, 0.3) is 0 Å². The van der Waals surface area contributed by atoms with Crippen molar-refractivity contribution in [2.24, 2.45) is 0 Å². The van der Waals surface area contributed by atoms with Crippen LogP contribution in [0.1, 0.15) is 5.56 Å². The van der Waals surface area contributed by atoms with Crippen molar-refractivity contribution in [3.63, 3.8) is 0 Å². The number of anilines is 1. The molecular weight excluding hydrogens is 181 g/mol. The lowest BCUT2D eigenvalue weighted by Gasteiger charge is -1.99. The van der Waals surface area contributed by atoms with Gasteiger partial charge in [0.25, 0.3) is 0 Å². The Balaban J connectivity index is 2.59. The molecule has 2 nitrogen and oxygen atoms in total. The summed E-state index contributed by atoms with van der Waals surface area (Å²) in [6, 6.07) is 2.78. The van der Waals surface area contributed by atoms with E-state index in [9.17, 15) is 9.18 Å². The van der Waals surface area contributed by atoms with Crippen LogP contribution in [0.3, 0.4) is 0 Å². The van der Waals surface area contributed by atoms with Gasteiger partial charge in [0.15, 0.2) is 0 Å². The molecule has 1 amide bonds. The summed E-state index contributed by atoms with van der Waals surface area (Å²) in [5.74, 6) is -0.658. The Kier molecular flexibility index (Phi) is 1.54. The first-order valence-corrected chi connectivity index (χ1v) is 3.82. The number of nitrogens with one attached hydrogen (secondary N) is 1. The van der Waals surface area contributed by atoms with Gasteiger partial charge in [-0.2, -0.15) is 0 Å². The minimum atomic E-state index is -0.469. The number of amides is 1. The minimum absolute atomic E-state index is 0.189. The van der Waals surface area contributed by atoms with Crippen molar-refractivity contribution >= 4 is 23.2 Å². The van der Waals surface area contributed by atoms with E-state index in [1.165, 1.54) is 6.07 Å². The summed E-state index contributed by atoms with van der Waals surface area (Å²) in [7, 11) is 0. The molecule has 0 bridgehead atoms. The number of rotatable bonds is 0. The summed E-state index contributed by atoms with van der Waals surface area (Å²) >= 11 is 5.60. The standard InChI is InChI=1S/C8H5ClFNO/c9-5-1-4-2-7(12)11-8(4)6(10)3-5/h1,3H,2H2,(H,11,12). The predicted octanol–water partition coefficient (Wildman–Crippen LogP) is 1.97. The second-order valence-corrected chi connectivity index (χ2v) is 3.08. The van der Waals surface area contributed by atoms with E-state index in [0.717, 1.165) is 0 Å². The van der Waals surface area contributed by atoms with Gasteiger partial charge in [0.05, 0.1) is 12.1 Å². The molecule has 12 heavy (non-hydrogen) atoms. The van der Waals surface area contributed by atoms with Crippen molar-refractivity contribution in [3.8, 4) is 0 Å². The zero-order chi connectivity index (χ0) is 8.72. The molecule has 1 aromatic carbocycles.